The van der Waals surface area contributed by atoms with Crippen LogP contribution in [0.5, 0.6) is 0 Å². The summed E-state index contributed by atoms with van der Waals surface area (Å²) in [5.41, 5.74) is 7.92. The fourth-order valence-corrected chi connectivity index (χ4v) is 3.47. The third-order valence-electron chi connectivity index (χ3n) is 2.63. The summed E-state index contributed by atoms with van der Waals surface area (Å²) >= 11 is 19.2. The van der Waals surface area contributed by atoms with Crippen molar-refractivity contribution in [2.45, 2.75) is 13.0 Å². The van der Waals surface area contributed by atoms with E-state index in [0.29, 0.717) is 25.4 Å². The summed E-state index contributed by atoms with van der Waals surface area (Å²) in [5.74, 6) is -0.356. The zero-order valence-corrected chi connectivity index (χ0v) is 12.4. The van der Waals surface area contributed by atoms with Gasteiger partial charge < -0.3 is 5.73 Å². The van der Waals surface area contributed by atoms with E-state index in [9.17, 15) is 4.39 Å². The number of thiophene rings is 1. The van der Waals surface area contributed by atoms with Crippen LogP contribution in [0.15, 0.2) is 18.2 Å². The van der Waals surface area contributed by atoms with E-state index in [-0.39, 0.29) is 10.8 Å². The Bertz CT molecular complexity index is 597. The predicted octanol–water partition coefficient (Wildman–Crippen LogP) is 5.20. The van der Waals surface area contributed by atoms with Gasteiger partial charge in [0.2, 0.25) is 0 Å². The van der Waals surface area contributed by atoms with Crippen LogP contribution in [0.1, 0.15) is 22.7 Å². The number of hydrogen-bond acceptors (Lipinski definition) is 2. The van der Waals surface area contributed by atoms with Gasteiger partial charge in [-0.3, -0.25) is 0 Å². The average molecular weight is 325 g/mol. The zero-order valence-electron chi connectivity index (χ0n) is 9.31. The van der Waals surface area contributed by atoms with Gasteiger partial charge in [0.15, 0.2) is 0 Å². The lowest BCUT2D eigenvalue weighted by atomic mass is 10.00. The topological polar surface area (TPSA) is 26.0 Å². The number of halogens is 4. The van der Waals surface area contributed by atoms with Gasteiger partial charge in [0.1, 0.15) is 5.82 Å². The van der Waals surface area contributed by atoms with Crippen LogP contribution in [-0.4, -0.2) is 0 Å². The molecule has 0 aliphatic carbocycles. The van der Waals surface area contributed by atoms with Crippen LogP contribution in [0.25, 0.3) is 0 Å². The van der Waals surface area contributed by atoms with Crippen LogP contribution < -0.4 is 5.73 Å². The first-order valence-corrected chi connectivity index (χ1v) is 7.01. The van der Waals surface area contributed by atoms with E-state index >= 15 is 0 Å². The van der Waals surface area contributed by atoms with Crippen molar-refractivity contribution in [1.29, 1.82) is 0 Å². The third-order valence-corrected chi connectivity index (χ3v) is 4.48. The maximum absolute atomic E-state index is 13.3. The minimum atomic E-state index is -0.520. The Morgan fingerprint density at radius 3 is 2.39 bits per heavy atom. The van der Waals surface area contributed by atoms with Gasteiger partial charge in [-0.1, -0.05) is 34.8 Å². The SMILES string of the molecule is Cc1cc(C(N)c2cc(Cl)sc2Cl)c(Cl)cc1F. The van der Waals surface area contributed by atoms with Crippen molar-refractivity contribution in [3.8, 4) is 0 Å². The first-order valence-electron chi connectivity index (χ1n) is 5.06. The Balaban J connectivity index is 2.49. The molecule has 1 heterocycles. The molecule has 0 aliphatic rings. The lowest BCUT2D eigenvalue weighted by Crippen LogP contribution is -2.12. The highest BCUT2D eigenvalue weighted by Gasteiger charge is 2.19. The summed E-state index contributed by atoms with van der Waals surface area (Å²) in [6.45, 7) is 1.66. The van der Waals surface area contributed by atoms with Crippen molar-refractivity contribution in [3.05, 3.63) is 54.4 Å². The molecule has 1 atom stereocenters. The Labute approximate surface area is 123 Å². The molecular weight excluding hydrogens is 316 g/mol. The molecule has 0 spiro atoms. The molecule has 0 fully saturated rings. The number of aryl methyl sites for hydroxylation is 1. The predicted molar refractivity (Wildman–Crippen MR) is 76.5 cm³/mol. The van der Waals surface area contributed by atoms with Gasteiger partial charge in [-0.15, -0.1) is 11.3 Å². The third kappa shape index (κ3) is 2.65. The van der Waals surface area contributed by atoms with Gasteiger partial charge in [-0.05, 0) is 36.2 Å². The average Bonchev–Trinajstić information content (AvgIpc) is 2.62. The van der Waals surface area contributed by atoms with Crippen LogP contribution in [0.4, 0.5) is 4.39 Å². The standard InChI is InChI=1S/C12H9Cl3FNS/c1-5-2-6(8(13)4-9(5)16)11(17)7-3-10(14)18-12(7)15/h2-4,11H,17H2,1H3. The van der Waals surface area contributed by atoms with Crippen LogP contribution in [0.2, 0.25) is 13.7 Å². The van der Waals surface area contributed by atoms with Crippen molar-refractivity contribution in [2.24, 2.45) is 5.73 Å². The lowest BCUT2D eigenvalue weighted by Gasteiger charge is -2.14. The van der Waals surface area contributed by atoms with Crippen LogP contribution in [0, 0.1) is 12.7 Å². The molecule has 1 nitrogen and oxygen atoms in total. The Kier molecular flexibility index (Phi) is 4.19. The van der Waals surface area contributed by atoms with Crippen LogP contribution >= 0.6 is 46.1 Å². The fourth-order valence-electron chi connectivity index (χ4n) is 1.65. The first-order chi connectivity index (χ1) is 8.40. The second kappa shape index (κ2) is 5.35. The van der Waals surface area contributed by atoms with Gasteiger partial charge in [-0.25, -0.2) is 4.39 Å². The largest absolute Gasteiger partial charge is 0.320 e. The minimum absolute atomic E-state index is 0.281. The molecule has 2 N–H and O–H groups in total. The second-order valence-corrected chi connectivity index (χ2v) is 6.57. The second-order valence-electron chi connectivity index (χ2n) is 3.88. The first kappa shape index (κ1) is 14.1. The number of hydrogen-bond donors (Lipinski definition) is 1. The molecule has 0 amide bonds. The van der Waals surface area contributed by atoms with Crippen LogP contribution in [0.3, 0.4) is 0 Å². The highest BCUT2D eigenvalue weighted by atomic mass is 35.5. The Morgan fingerprint density at radius 2 is 1.83 bits per heavy atom. The zero-order chi connectivity index (χ0) is 13.4. The summed E-state index contributed by atoms with van der Waals surface area (Å²) in [5, 5.41) is 0.281. The maximum atomic E-state index is 13.3. The molecule has 0 saturated carbocycles. The maximum Gasteiger partial charge on any atom is 0.127 e. The minimum Gasteiger partial charge on any atom is -0.320 e. The number of rotatable bonds is 2. The lowest BCUT2D eigenvalue weighted by molar-refractivity contribution is 0.617. The molecule has 18 heavy (non-hydrogen) atoms. The summed E-state index contributed by atoms with van der Waals surface area (Å²) in [6.07, 6.45) is 0. The molecule has 2 aromatic rings. The van der Waals surface area contributed by atoms with Crippen molar-refractivity contribution in [1.82, 2.24) is 0 Å². The summed E-state index contributed by atoms with van der Waals surface area (Å²) in [6, 6.07) is 4.07. The molecule has 0 aliphatic heterocycles. The molecule has 0 radical (unpaired) electrons. The summed E-state index contributed by atoms with van der Waals surface area (Å²) in [4.78, 5) is 0. The van der Waals surface area contributed by atoms with E-state index in [1.165, 1.54) is 17.4 Å². The smallest absolute Gasteiger partial charge is 0.127 e. The van der Waals surface area contributed by atoms with Crippen molar-refractivity contribution in [3.63, 3.8) is 0 Å². The molecule has 1 aromatic carbocycles. The summed E-state index contributed by atoms with van der Waals surface area (Å²) < 4.78 is 14.4. The quantitative estimate of drug-likeness (QED) is 0.807. The summed E-state index contributed by atoms with van der Waals surface area (Å²) in [7, 11) is 0. The van der Waals surface area contributed by atoms with Gasteiger partial charge in [0.25, 0.3) is 0 Å². The van der Waals surface area contributed by atoms with Gasteiger partial charge in [-0.2, -0.15) is 0 Å². The van der Waals surface area contributed by atoms with Crippen molar-refractivity contribution < 1.29 is 4.39 Å². The molecule has 1 unspecified atom stereocenters. The Hall–Kier alpha value is -0.320. The van der Waals surface area contributed by atoms with Crippen molar-refractivity contribution >= 4 is 46.1 Å². The van der Waals surface area contributed by atoms with Crippen molar-refractivity contribution in [2.75, 3.05) is 0 Å². The normalized spacial score (nSPS) is 12.8. The molecule has 0 bridgehead atoms. The van der Waals surface area contributed by atoms with E-state index < -0.39 is 6.04 Å². The van der Waals surface area contributed by atoms with E-state index in [1.54, 1.807) is 19.1 Å². The van der Waals surface area contributed by atoms with Gasteiger partial charge in [0, 0.05) is 10.6 Å². The van der Waals surface area contributed by atoms with Gasteiger partial charge >= 0.3 is 0 Å². The molecular formula is C12H9Cl3FNS. The Morgan fingerprint density at radius 1 is 1.17 bits per heavy atom. The monoisotopic (exact) mass is 323 g/mol. The van der Waals surface area contributed by atoms with Gasteiger partial charge in [0.05, 0.1) is 14.7 Å². The molecule has 0 saturated heterocycles. The molecule has 2 rings (SSSR count). The van der Waals surface area contributed by atoms with E-state index in [1.807, 2.05) is 0 Å². The fraction of sp³-hybridized carbons (Fsp3) is 0.167. The van der Waals surface area contributed by atoms with E-state index in [2.05, 4.69) is 0 Å². The van der Waals surface area contributed by atoms with E-state index in [4.69, 9.17) is 40.5 Å². The highest BCUT2D eigenvalue weighted by molar-refractivity contribution is 7.20. The molecule has 96 valence electrons. The number of benzene rings is 1. The van der Waals surface area contributed by atoms with Crippen LogP contribution in [-0.2, 0) is 0 Å². The molecule has 1 aromatic heterocycles. The highest BCUT2D eigenvalue weighted by Crippen LogP contribution is 2.38. The number of nitrogens with two attached hydrogens (primary N) is 1. The van der Waals surface area contributed by atoms with E-state index in [0.717, 1.165) is 0 Å². The molecule has 6 heteroatoms.